The van der Waals surface area contributed by atoms with Crippen molar-refractivity contribution in [2.45, 2.75) is 175 Å². The number of likely N-dealkylation sites (tertiary alicyclic amines) is 1. The van der Waals surface area contributed by atoms with Gasteiger partial charge < -0.3 is 51.8 Å². The molecule has 2 heterocycles. The molecule has 0 spiro atoms. The van der Waals surface area contributed by atoms with Gasteiger partial charge in [0.15, 0.2) is 6.10 Å². The number of aliphatic carboxylic acids is 1. The van der Waals surface area contributed by atoms with Gasteiger partial charge in [0.05, 0.1) is 50.3 Å². The van der Waals surface area contributed by atoms with Crippen LogP contribution >= 0.6 is 11.3 Å². The van der Waals surface area contributed by atoms with Crippen molar-refractivity contribution in [2.24, 2.45) is 17.3 Å². The highest BCUT2D eigenvalue weighted by molar-refractivity contribution is 7.09. The van der Waals surface area contributed by atoms with E-state index in [1.54, 1.807) is 24.3 Å². The van der Waals surface area contributed by atoms with E-state index in [0.717, 1.165) is 62.8 Å². The molecule has 2 aromatic rings. The van der Waals surface area contributed by atoms with Crippen molar-refractivity contribution in [2.75, 3.05) is 58.3 Å². The highest BCUT2D eigenvalue weighted by Crippen LogP contribution is 2.33. The Bertz CT molecular complexity index is 2740. The van der Waals surface area contributed by atoms with Crippen LogP contribution in [0.3, 0.4) is 0 Å². The number of carbonyl (C=O) groups excluding carboxylic acids is 9. The lowest BCUT2D eigenvalue weighted by molar-refractivity contribution is -0.213. The molecule has 1 aliphatic carbocycles. The second-order valence-corrected chi connectivity index (χ2v) is 23.6. The maximum atomic E-state index is 14.9. The Hall–Kier alpha value is -7.45. The molecule has 1 unspecified atom stereocenters. The zero-order chi connectivity index (χ0) is 63.3. The maximum Gasteiger partial charge on any atom is 0.309 e. The lowest BCUT2D eigenvalue weighted by Crippen LogP contribution is -2.58. The average molecular weight is 1220 g/mol. The number of benzene rings is 1. The molecule has 1 aliphatic heterocycles. The number of ether oxygens (including phenoxy) is 2. The van der Waals surface area contributed by atoms with E-state index in [9.17, 15) is 53.1 Å². The van der Waals surface area contributed by atoms with Gasteiger partial charge in [-0.05, 0) is 108 Å². The standard InChI is InChI=1S/C61H88N10O14S/c1-10-12-20-29-84-71(59(80)55(40(5)11-2)69-57(79)47-23-18-19-28-70(47)9)48(39(3)4)31-49(85-41(6)72)58-68-46(38-86-58)56(78)67-44(32-61(7,8)60(81)82)30-42-24-26-43(27-25-42)66-53(76)36-64-51(74)34-62-50(73)33-63-52(75)35-65-54(77)37-83-45-21-16-14-13-15-17-22-45/h1,24-27,38-40,44-45,47-49,55H,11-16,18-21,23,28-37H2,2-9H3,(H,62,73)(H,63,75)(H,64,74)(H,65,77)(H,66,76)(H,67,78)(H,69,79)(H,81,82)/t40-,44-,45?,47+,48+,49+,55-/m0/s1. The van der Waals surface area contributed by atoms with Crippen LogP contribution in [0.1, 0.15) is 159 Å². The number of hydroxylamine groups is 2. The first-order valence-corrected chi connectivity index (χ1v) is 30.4. The third kappa shape index (κ3) is 24.9. The first-order valence-electron chi connectivity index (χ1n) is 29.5. The second-order valence-electron chi connectivity index (χ2n) is 22.7. The van der Waals surface area contributed by atoms with Crippen molar-refractivity contribution in [3.63, 3.8) is 0 Å². The minimum Gasteiger partial charge on any atom is -0.481 e. The quantitative estimate of drug-likeness (QED) is 0.0213. The number of hydrogen-bond acceptors (Lipinski definition) is 16. The first-order chi connectivity index (χ1) is 40.9. The summed E-state index contributed by atoms with van der Waals surface area (Å²) >= 11 is 1.07. The zero-order valence-corrected chi connectivity index (χ0v) is 51.8. The lowest BCUT2D eigenvalue weighted by atomic mass is 9.84. The van der Waals surface area contributed by atoms with Crippen LogP contribution in [0.4, 0.5) is 5.69 Å². The van der Waals surface area contributed by atoms with E-state index in [1.807, 2.05) is 39.6 Å². The number of likely N-dealkylation sites (N-methyl/N-ethyl adjacent to an activating group) is 1. The molecule has 8 N–H and O–H groups in total. The Labute approximate surface area is 508 Å². The van der Waals surface area contributed by atoms with Crippen LogP contribution < -0.4 is 37.2 Å². The number of esters is 1. The monoisotopic (exact) mass is 1220 g/mol. The molecular formula is C61H88N10O14S. The largest absolute Gasteiger partial charge is 0.481 e. The summed E-state index contributed by atoms with van der Waals surface area (Å²) in [7, 11) is 1.90. The Morgan fingerprint density at radius 1 is 0.872 bits per heavy atom. The zero-order valence-electron chi connectivity index (χ0n) is 50.9. The fraction of sp³-hybridized carbons (Fsp3) is 0.623. The van der Waals surface area contributed by atoms with Crippen LogP contribution in [-0.2, 0) is 63.9 Å². The first kappa shape index (κ1) is 71.0. The Morgan fingerprint density at radius 2 is 1.51 bits per heavy atom. The van der Waals surface area contributed by atoms with E-state index >= 15 is 0 Å². The van der Waals surface area contributed by atoms with Crippen LogP contribution in [0.25, 0.3) is 0 Å². The molecule has 24 nitrogen and oxygen atoms in total. The van der Waals surface area contributed by atoms with Crippen LogP contribution in [0.2, 0.25) is 0 Å². The van der Waals surface area contributed by atoms with Crippen LogP contribution in [0.5, 0.6) is 0 Å². The summed E-state index contributed by atoms with van der Waals surface area (Å²) in [5.41, 5.74) is -0.281. The number of carboxylic acids is 1. The third-order valence-electron chi connectivity index (χ3n) is 14.7. The number of nitrogens with one attached hydrogen (secondary N) is 7. The van der Waals surface area contributed by atoms with E-state index in [1.165, 1.54) is 31.2 Å². The molecule has 1 aromatic heterocycles. The van der Waals surface area contributed by atoms with Crippen molar-refractivity contribution < 1.29 is 67.4 Å². The topological polar surface area (TPSA) is 322 Å². The van der Waals surface area contributed by atoms with Gasteiger partial charge in [-0.25, -0.2) is 10.0 Å². The van der Waals surface area contributed by atoms with E-state index < -0.39 is 115 Å². The van der Waals surface area contributed by atoms with Gasteiger partial charge in [0.2, 0.25) is 35.4 Å². The number of hydrogen-bond donors (Lipinski definition) is 8. The molecule has 86 heavy (non-hydrogen) atoms. The fourth-order valence-electron chi connectivity index (χ4n) is 9.52. The molecular weight excluding hydrogens is 1130 g/mol. The summed E-state index contributed by atoms with van der Waals surface area (Å²) in [4.78, 5) is 143. The number of carbonyl (C=O) groups is 10. The Kier molecular flexibility index (Phi) is 30.2. The maximum absolute atomic E-state index is 14.9. The number of anilines is 1. The Morgan fingerprint density at radius 3 is 2.12 bits per heavy atom. The summed E-state index contributed by atoms with van der Waals surface area (Å²) in [6.07, 6.45) is 12.8. The molecule has 1 saturated heterocycles. The molecule has 4 rings (SSSR count). The molecule has 472 valence electrons. The van der Waals surface area contributed by atoms with Crippen LogP contribution in [0, 0.1) is 41.4 Å². The van der Waals surface area contributed by atoms with E-state index in [4.69, 9.17) is 20.7 Å². The number of amides is 8. The van der Waals surface area contributed by atoms with Gasteiger partial charge in [0, 0.05) is 43.3 Å². The third-order valence-corrected chi connectivity index (χ3v) is 15.7. The number of carboxylic acid groups (broad SMARTS) is 1. The number of piperidine rings is 1. The van der Waals surface area contributed by atoms with E-state index in [-0.39, 0.29) is 67.0 Å². The molecule has 1 aromatic carbocycles. The van der Waals surface area contributed by atoms with Gasteiger partial charge >= 0.3 is 11.9 Å². The number of unbranched alkanes of at least 4 members (excludes halogenated alkanes) is 1. The predicted octanol–water partition coefficient (Wildman–Crippen LogP) is 3.95. The van der Waals surface area contributed by atoms with Crippen molar-refractivity contribution in [3.05, 3.63) is 45.9 Å². The minimum atomic E-state index is -1.29. The van der Waals surface area contributed by atoms with Crippen LogP contribution in [-0.4, -0.2) is 163 Å². The lowest BCUT2D eigenvalue weighted by Gasteiger charge is -2.39. The van der Waals surface area contributed by atoms with Crippen molar-refractivity contribution >= 4 is 76.2 Å². The van der Waals surface area contributed by atoms with Crippen molar-refractivity contribution in [3.8, 4) is 24.2 Å². The molecule has 25 heteroatoms. The van der Waals surface area contributed by atoms with Gasteiger partial charge in [-0.1, -0.05) is 65.0 Å². The molecule has 0 radical (unpaired) electrons. The fourth-order valence-corrected chi connectivity index (χ4v) is 10.4. The van der Waals surface area contributed by atoms with E-state index in [0.29, 0.717) is 36.9 Å². The summed E-state index contributed by atoms with van der Waals surface area (Å²) in [6, 6.07) is 3.74. The number of terminal acetylenes is 1. The number of rotatable bonds is 34. The molecule has 1 fully saturated rings. The molecule has 0 bridgehead atoms. The number of nitrogens with zero attached hydrogens (tertiary/aromatic N) is 3. The van der Waals surface area contributed by atoms with Gasteiger partial charge in [0.1, 0.15) is 29.5 Å². The highest BCUT2D eigenvalue weighted by Gasteiger charge is 2.40. The van der Waals surface area contributed by atoms with Crippen molar-refractivity contribution in [1.29, 1.82) is 0 Å². The summed E-state index contributed by atoms with van der Waals surface area (Å²) < 4.78 is 11.4. The highest BCUT2D eigenvalue weighted by atomic mass is 32.1. The summed E-state index contributed by atoms with van der Waals surface area (Å²) in [6.45, 7) is 10.7. The van der Waals surface area contributed by atoms with Gasteiger partial charge in [-0.15, -0.1) is 29.6 Å². The SMILES string of the molecule is C#CCCCON(C(=O)[C@@H](NC(=O)[C@H]1CCCCN1C)[C@@H](C)CC)[C@H](C[C@@H](OC(C)=O)c1nc(C(=O)N[C@@H](Cc2ccc(NC(=O)CNC(=O)CNC(=O)CNC(=O)CNC(=O)COC3C#CCCCCC3)cc2)CC(C)(C)C(=O)O)cs1)C(C)C. The smallest absolute Gasteiger partial charge is 0.309 e. The van der Waals surface area contributed by atoms with Gasteiger partial charge in [-0.2, -0.15) is 0 Å². The van der Waals surface area contributed by atoms with E-state index in [2.05, 4.69) is 60.0 Å². The average Bonchev–Trinajstić information content (AvgIpc) is 2.56. The number of thiazole rings is 1. The summed E-state index contributed by atoms with van der Waals surface area (Å²) in [5, 5.41) is 31.3. The Balaban J connectivity index is 1.36. The normalized spacial score (nSPS) is 16.9. The molecule has 0 saturated carbocycles. The van der Waals surface area contributed by atoms with Crippen LogP contribution in [0.15, 0.2) is 29.6 Å². The molecule has 8 amide bonds. The summed E-state index contributed by atoms with van der Waals surface area (Å²) in [5.74, 6) is 1.87. The molecule has 7 atom stereocenters. The minimum absolute atomic E-state index is 0.00182. The van der Waals surface area contributed by atoms with Crippen molar-refractivity contribution in [1.82, 2.24) is 46.8 Å². The second kappa shape index (κ2) is 36.5. The predicted molar refractivity (Wildman–Crippen MR) is 321 cm³/mol. The van der Waals surface area contributed by atoms with Gasteiger partial charge in [0.25, 0.3) is 11.8 Å². The molecule has 2 aliphatic rings. The number of aromatic nitrogens is 1. The van der Waals surface area contributed by atoms with Gasteiger partial charge in [-0.3, -0.25) is 57.7 Å².